The molecule has 2 atom stereocenters. The molecule has 0 aromatic carbocycles. The van der Waals surface area contributed by atoms with Crippen molar-refractivity contribution in [1.29, 1.82) is 0 Å². The number of esters is 2. The maximum absolute atomic E-state index is 12.8. The van der Waals surface area contributed by atoms with E-state index in [0.29, 0.717) is 19.3 Å². The van der Waals surface area contributed by atoms with Gasteiger partial charge < -0.3 is 23.8 Å². The SMILES string of the molecule is CC/C=C/C/C=C/C/C=C/CCCCCCCCCCCCCCCC(=O)OC(COCCC(C(=O)O)[N+](C)(C)C)COC(=O)CCCCCCC/C=C/CCCC. The van der Waals surface area contributed by atoms with Gasteiger partial charge in [0.05, 0.1) is 34.4 Å². The highest BCUT2D eigenvalue weighted by Gasteiger charge is 2.31. The van der Waals surface area contributed by atoms with Crippen LogP contribution in [0.2, 0.25) is 0 Å². The van der Waals surface area contributed by atoms with Crippen LogP contribution < -0.4 is 0 Å². The summed E-state index contributed by atoms with van der Waals surface area (Å²) in [5.74, 6) is -1.48. The molecule has 0 radical (unpaired) electrons. The number of carboxylic acids is 1. The number of hydrogen-bond acceptors (Lipinski definition) is 6. The molecule has 0 rings (SSSR count). The van der Waals surface area contributed by atoms with E-state index in [4.69, 9.17) is 14.2 Å². The zero-order valence-electron chi connectivity index (χ0n) is 38.2. The lowest BCUT2D eigenvalue weighted by Crippen LogP contribution is -2.50. The maximum atomic E-state index is 12.8. The Bertz CT molecular complexity index is 1090. The second-order valence-electron chi connectivity index (χ2n) is 17.0. The second kappa shape index (κ2) is 41.0. The summed E-state index contributed by atoms with van der Waals surface area (Å²) in [7, 11) is 5.53. The van der Waals surface area contributed by atoms with E-state index in [9.17, 15) is 19.5 Å². The average Bonchev–Trinajstić information content (AvgIpc) is 3.18. The summed E-state index contributed by atoms with van der Waals surface area (Å²) in [4.78, 5) is 37.0. The van der Waals surface area contributed by atoms with E-state index in [1.54, 1.807) is 0 Å². The number of ether oxygens (including phenoxy) is 3. The molecule has 0 spiro atoms. The van der Waals surface area contributed by atoms with E-state index < -0.39 is 18.1 Å². The number of nitrogens with zero attached hydrogens (tertiary/aromatic N) is 1. The van der Waals surface area contributed by atoms with Crippen LogP contribution in [0.5, 0.6) is 0 Å². The van der Waals surface area contributed by atoms with Crippen LogP contribution in [-0.4, -0.2) is 80.6 Å². The third-order valence-electron chi connectivity index (χ3n) is 10.5. The molecule has 0 fully saturated rings. The molecule has 0 amide bonds. The summed E-state index contributed by atoms with van der Waals surface area (Å²) in [5, 5.41) is 9.62. The van der Waals surface area contributed by atoms with E-state index >= 15 is 0 Å². The minimum Gasteiger partial charge on any atom is -0.477 e. The maximum Gasteiger partial charge on any atom is 0.362 e. The van der Waals surface area contributed by atoms with Gasteiger partial charge in [-0.05, 0) is 64.2 Å². The lowest BCUT2D eigenvalue weighted by atomic mass is 10.0. The molecule has 0 bridgehead atoms. The van der Waals surface area contributed by atoms with Crippen LogP contribution in [-0.2, 0) is 28.6 Å². The largest absolute Gasteiger partial charge is 0.477 e. The number of carbonyl (C=O) groups is 3. The smallest absolute Gasteiger partial charge is 0.362 e. The lowest BCUT2D eigenvalue weighted by molar-refractivity contribution is -0.887. The number of carboxylic acid groups (broad SMARTS) is 1. The second-order valence-corrected chi connectivity index (χ2v) is 17.0. The van der Waals surface area contributed by atoms with E-state index in [2.05, 4.69) is 62.5 Å². The molecular weight excluding hydrogens is 727 g/mol. The highest BCUT2D eigenvalue weighted by atomic mass is 16.6. The minimum atomic E-state index is -0.876. The van der Waals surface area contributed by atoms with Crippen LogP contribution in [0, 0.1) is 0 Å². The van der Waals surface area contributed by atoms with Crippen molar-refractivity contribution in [3.8, 4) is 0 Å². The predicted octanol–water partition coefficient (Wildman–Crippen LogP) is 13.2. The van der Waals surface area contributed by atoms with Crippen molar-refractivity contribution in [3.63, 3.8) is 0 Å². The van der Waals surface area contributed by atoms with Crippen molar-refractivity contribution < 1.29 is 38.2 Å². The van der Waals surface area contributed by atoms with Crippen LogP contribution in [0.15, 0.2) is 48.6 Å². The molecule has 0 saturated heterocycles. The molecule has 0 aliphatic heterocycles. The van der Waals surface area contributed by atoms with Gasteiger partial charge in [0.15, 0.2) is 12.1 Å². The van der Waals surface area contributed by atoms with Crippen molar-refractivity contribution in [2.24, 2.45) is 0 Å². The Morgan fingerprint density at radius 2 is 0.966 bits per heavy atom. The first-order valence-corrected chi connectivity index (χ1v) is 23.7. The number of rotatable bonds is 42. The predicted molar refractivity (Wildman–Crippen MR) is 243 cm³/mol. The lowest BCUT2D eigenvalue weighted by Gasteiger charge is -2.31. The van der Waals surface area contributed by atoms with Gasteiger partial charge in [-0.15, -0.1) is 0 Å². The van der Waals surface area contributed by atoms with E-state index in [0.717, 1.165) is 70.6 Å². The number of hydrogen-bond donors (Lipinski definition) is 1. The fourth-order valence-electron chi connectivity index (χ4n) is 6.79. The Morgan fingerprint density at radius 1 is 0.534 bits per heavy atom. The Morgan fingerprint density at radius 3 is 1.45 bits per heavy atom. The summed E-state index contributed by atoms with van der Waals surface area (Å²) in [6, 6.07) is -0.615. The van der Waals surface area contributed by atoms with Gasteiger partial charge in [0.2, 0.25) is 0 Å². The molecule has 336 valence electrons. The molecule has 0 heterocycles. The topological polar surface area (TPSA) is 99.1 Å². The summed E-state index contributed by atoms with van der Waals surface area (Å²) < 4.78 is 17.3. The Hall–Kier alpha value is -2.71. The average molecular weight is 817 g/mol. The van der Waals surface area contributed by atoms with Crippen LogP contribution in [0.25, 0.3) is 0 Å². The first kappa shape index (κ1) is 55.3. The fourth-order valence-corrected chi connectivity index (χ4v) is 6.79. The molecule has 2 unspecified atom stereocenters. The molecular formula is C50H90NO7+. The van der Waals surface area contributed by atoms with Crippen LogP contribution in [0.3, 0.4) is 0 Å². The van der Waals surface area contributed by atoms with Gasteiger partial charge in [0, 0.05) is 19.3 Å². The molecule has 0 aromatic rings. The molecule has 1 N–H and O–H groups in total. The molecule has 8 nitrogen and oxygen atoms in total. The van der Waals surface area contributed by atoms with Gasteiger partial charge in [0.25, 0.3) is 0 Å². The fraction of sp³-hybridized carbons (Fsp3) is 0.780. The van der Waals surface area contributed by atoms with Gasteiger partial charge in [-0.3, -0.25) is 9.59 Å². The van der Waals surface area contributed by atoms with Crippen molar-refractivity contribution >= 4 is 17.9 Å². The quantitative estimate of drug-likeness (QED) is 0.0283. The van der Waals surface area contributed by atoms with Gasteiger partial charge in [0.1, 0.15) is 6.61 Å². The normalized spacial score (nSPS) is 13.3. The Kier molecular flexibility index (Phi) is 39.1. The van der Waals surface area contributed by atoms with Crippen molar-refractivity contribution in [1.82, 2.24) is 0 Å². The Balaban J connectivity index is 4.20. The van der Waals surface area contributed by atoms with Crippen molar-refractivity contribution in [3.05, 3.63) is 48.6 Å². The molecule has 8 heteroatoms. The summed E-state index contributed by atoms with van der Waals surface area (Å²) in [5.41, 5.74) is 0. The first-order chi connectivity index (χ1) is 28.1. The number of unbranched alkanes of at least 4 members (excludes halogenated alkanes) is 20. The van der Waals surface area contributed by atoms with Crippen LogP contribution >= 0.6 is 0 Å². The van der Waals surface area contributed by atoms with Gasteiger partial charge in [-0.25, -0.2) is 4.79 Å². The number of aliphatic carboxylic acids is 1. The van der Waals surface area contributed by atoms with E-state index in [1.165, 1.54) is 96.3 Å². The summed E-state index contributed by atoms with van der Waals surface area (Å²) >= 11 is 0. The van der Waals surface area contributed by atoms with Crippen LogP contribution in [0.1, 0.15) is 200 Å². The zero-order valence-corrected chi connectivity index (χ0v) is 38.2. The van der Waals surface area contributed by atoms with E-state index in [1.807, 2.05) is 21.1 Å². The number of carbonyl (C=O) groups excluding carboxylic acids is 2. The standard InChI is InChI=1S/C50H89NO7/c1-6-8-10-12-14-16-18-19-20-21-22-23-24-25-26-27-28-29-31-33-35-37-39-41-49(53)58-46(44-56-43-42-47(50(54)55)51(3,4)5)45-57-48(52)40-38-36-34-32-30-17-15-13-11-9-7-2/h8,10,13-16,19-20,46-47H,6-7,9,11-12,17-18,21-45H2,1-5H3/p+1/b10-8+,15-13+,16-14+,20-19+. The molecule has 0 saturated carbocycles. The highest BCUT2D eigenvalue weighted by molar-refractivity contribution is 5.72. The van der Waals surface area contributed by atoms with Gasteiger partial charge in [-0.2, -0.15) is 0 Å². The molecule has 58 heavy (non-hydrogen) atoms. The molecule has 0 aliphatic carbocycles. The number of quaternary nitrogens is 1. The highest BCUT2D eigenvalue weighted by Crippen LogP contribution is 2.15. The van der Waals surface area contributed by atoms with Crippen molar-refractivity contribution in [2.45, 2.75) is 212 Å². The summed E-state index contributed by atoms with van der Waals surface area (Å²) in [6.07, 6.45) is 48.8. The number of allylic oxidation sites excluding steroid dienone is 8. The summed E-state index contributed by atoms with van der Waals surface area (Å²) in [6.45, 7) is 4.59. The monoisotopic (exact) mass is 817 g/mol. The number of likely N-dealkylation sites (N-methyl/N-ethyl adjacent to an activating group) is 1. The third kappa shape index (κ3) is 38.8. The Labute approximate surface area is 356 Å². The molecule has 0 aromatic heterocycles. The zero-order chi connectivity index (χ0) is 42.8. The van der Waals surface area contributed by atoms with E-state index in [-0.39, 0.29) is 36.2 Å². The first-order valence-electron chi connectivity index (χ1n) is 23.7. The molecule has 0 aliphatic rings. The minimum absolute atomic E-state index is 0.0552. The third-order valence-corrected chi connectivity index (χ3v) is 10.5. The van der Waals surface area contributed by atoms with Gasteiger partial charge in [-0.1, -0.05) is 165 Å². The van der Waals surface area contributed by atoms with Crippen molar-refractivity contribution in [2.75, 3.05) is 41.0 Å². The van der Waals surface area contributed by atoms with Gasteiger partial charge >= 0.3 is 17.9 Å². The van der Waals surface area contributed by atoms with Crippen LogP contribution in [0.4, 0.5) is 0 Å².